The van der Waals surface area contributed by atoms with Gasteiger partial charge in [-0.25, -0.2) is 4.90 Å². The molecule has 0 bridgehead atoms. The van der Waals surface area contributed by atoms with E-state index in [9.17, 15) is 9.59 Å². The molecule has 0 unspecified atom stereocenters. The number of hydrogen-bond donors (Lipinski definition) is 0. The molecule has 1 aromatic rings. The number of imide groups is 1. The van der Waals surface area contributed by atoms with Gasteiger partial charge in [0.2, 0.25) is 0 Å². The van der Waals surface area contributed by atoms with Crippen LogP contribution >= 0.6 is 15.9 Å². The first-order valence-corrected chi connectivity index (χ1v) is 5.17. The minimum Gasteiger partial charge on any atom is -0.362 e. The normalized spacial score (nSPS) is 17.0. The van der Waals surface area contributed by atoms with E-state index < -0.39 is 0 Å². The molecule has 1 aliphatic rings. The Morgan fingerprint density at radius 3 is 2.47 bits per heavy atom. The molecule has 5 heteroatoms. The first kappa shape index (κ1) is 10.3. The second-order valence-corrected chi connectivity index (χ2v) is 4.01. The maximum absolute atomic E-state index is 11.5. The highest BCUT2D eigenvalue weighted by Gasteiger charge is 2.27. The number of nitrogens with zero attached hydrogens (tertiary/aromatic N) is 1. The number of carbonyl (C=O) groups is 2. The molecule has 0 saturated carbocycles. The molecule has 0 N–H and O–H groups in total. The van der Waals surface area contributed by atoms with E-state index in [1.807, 2.05) is 6.07 Å². The number of carbonyl (C=O) groups excluding carboxylic acids is 2. The molecule has 0 atom stereocenters. The van der Waals surface area contributed by atoms with Crippen LogP contribution in [-0.4, -0.2) is 25.0 Å². The van der Waals surface area contributed by atoms with E-state index in [0.717, 1.165) is 9.37 Å². The largest absolute Gasteiger partial charge is 0.362 e. The molecule has 1 heterocycles. The topological polar surface area (TPSA) is 46.6 Å². The molecule has 4 nitrogen and oxygen atoms in total. The van der Waals surface area contributed by atoms with E-state index in [4.69, 9.17) is 4.74 Å². The summed E-state index contributed by atoms with van der Waals surface area (Å²) in [5.74, 6) is -0.659. The summed E-state index contributed by atoms with van der Waals surface area (Å²) in [7, 11) is 0. The molecular formula is C10H8BrNO3. The molecule has 0 spiro atoms. The zero-order valence-corrected chi connectivity index (χ0v) is 9.36. The Morgan fingerprint density at radius 1 is 1.20 bits per heavy atom. The summed E-state index contributed by atoms with van der Waals surface area (Å²) in [5, 5.41) is 0. The maximum Gasteiger partial charge on any atom is 0.259 e. The lowest BCUT2D eigenvalue weighted by Crippen LogP contribution is -2.46. The average molecular weight is 270 g/mol. The van der Waals surface area contributed by atoms with Crippen LogP contribution in [0.4, 0.5) is 5.69 Å². The van der Waals surface area contributed by atoms with E-state index in [1.54, 1.807) is 18.2 Å². The second kappa shape index (κ2) is 4.12. The quantitative estimate of drug-likeness (QED) is 0.723. The van der Waals surface area contributed by atoms with Crippen LogP contribution in [0.15, 0.2) is 28.7 Å². The van der Waals surface area contributed by atoms with Crippen molar-refractivity contribution in [2.75, 3.05) is 18.1 Å². The predicted molar refractivity (Wildman–Crippen MR) is 57.5 cm³/mol. The van der Waals surface area contributed by atoms with Gasteiger partial charge in [-0.3, -0.25) is 9.59 Å². The van der Waals surface area contributed by atoms with E-state index in [0.29, 0.717) is 5.69 Å². The molecule has 0 aliphatic carbocycles. The molecule has 2 rings (SSSR count). The zero-order valence-electron chi connectivity index (χ0n) is 7.77. The Morgan fingerprint density at radius 2 is 1.87 bits per heavy atom. The Hall–Kier alpha value is -1.20. The van der Waals surface area contributed by atoms with Crippen LogP contribution in [0.1, 0.15) is 0 Å². The van der Waals surface area contributed by atoms with Gasteiger partial charge in [0.1, 0.15) is 13.2 Å². The third-order valence-electron chi connectivity index (χ3n) is 2.02. The van der Waals surface area contributed by atoms with Crippen molar-refractivity contribution in [2.24, 2.45) is 0 Å². The van der Waals surface area contributed by atoms with Crippen LogP contribution in [0.3, 0.4) is 0 Å². The first-order valence-electron chi connectivity index (χ1n) is 4.37. The van der Waals surface area contributed by atoms with Gasteiger partial charge in [0.15, 0.2) is 0 Å². The fourth-order valence-corrected chi connectivity index (χ4v) is 1.78. The Labute approximate surface area is 94.9 Å². The zero-order chi connectivity index (χ0) is 10.8. The highest BCUT2D eigenvalue weighted by molar-refractivity contribution is 9.10. The van der Waals surface area contributed by atoms with Gasteiger partial charge in [-0.05, 0) is 18.2 Å². The second-order valence-electron chi connectivity index (χ2n) is 3.10. The van der Waals surface area contributed by atoms with E-state index in [2.05, 4.69) is 15.9 Å². The maximum atomic E-state index is 11.5. The van der Waals surface area contributed by atoms with Crippen molar-refractivity contribution in [1.82, 2.24) is 0 Å². The summed E-state index contributed by atoms with van der Waals surface area (Å²) >= 11 is 3.29. The van der Waals surface area contributed by atoms with Crippen LogP contribution in [0.5, 0.6) is 0 Å². The van der Waals surface area contributed by atoms with Crippen LogP contribution < -0.4 is 4.90 Å². The average Bonchev–Trinajstić information content (AvgIpc) is 2.17. The molecule has 0 aromatic heterocycles. The fraction of sp³-hybridized carbons (Fsp3) is 0.200. The van der Waals surface area contributed by atoms with Crippen LogP contribution in [0.25, 0.3) is 0 Å². The summed E-state index contributed by atoms with van der Waals surface area (Å²) in [6.45, 7) is -0.0868. The highest BCUT2D eigenvalue weighted by atomic mass is 79.9. The van der Waals surface area contributed by atoms with Crippen molar-refractivity contribution in [2.45, 2.75) is 0 Å². The van der Waals surface area contributed by atoms with Crippen LogP contribution in [0, 0.1) is 0 Å². The monoisotopic (exact) mass is 269 g/mol. The summed E-state index contributed by atoms with van der Waals surface area (Å²) in [4.78, 5) is 24.1. The standard InChI is InChI=1S/C10H8BrNO3/c11-7-2-1-3-8(4-7)12-9(13)5-15-6-10(12)14/h1-4H,5-6H2. The minimum absolute atomic E-state index is 0.0434. The van der Waals surface area contributed by atoms with Crippen LogP contribution in [-0.2, 0) is 14.3 Å². The van der Waals surface area contributed by atoms with E-state index in [1.165, 1.54) is 0 Å². The number of hydrogen-bond acceptors (Lipinski definition) is 3. The Balaban J connectivity index is 2.35. The lowest BCUT2D eigenvalue weighted by molar-refractivity contribution is -0.138. The van der Waals surface area contributed by atoms with E-state index >= 15 is 0 Å². The van der Waals surface area contributed by atoms with Gasteiger partial charge in [0, 0.05) is 4.47 Å². The third-order valence-corrected chi connectivity index (χ3v) is 2.51. The number of halogens is 1. The fourth-order valence-electron chi connectivity index (χ4n) is 1.40. The van der Waals surface area contributed by atoms with Crippen molar-refractivity contribution >= 4 is 33.4 Å². The summed E-state index contributed by atoms with van der Waals surface area (Å²) in [5.41, 5.74) is 0.572. The van der Waals surface area contributed by atoms with Gasteiger partial charge >= 0.3 is 0 Å². The van der Waals surface area contributed by atoms with Crippen LogP contribution in [0.2, 0.25) is 0 Å². The Kier molecular flexibility index (Phi) is 2.83. The van der Waals surface area contributed by atoms with Crippen molar-refractivity contribution in [1.29, 1.82) is 0 Å². The number of benzene rings is 1. The molecule has 78 valence electrons. The molecule has 2 amide bonds. The summed E-state index contributed by atoms with van der Waals surface area (Å²) < 4.78 is 5.65. The summed E-state index contributed by atoms with van der Waals surface area (Å²) in [6, 6.07) is 7.04. The van der Waals surface area contributed by atoms with Gasteiger partial charge in [0.25, 0.3) is 11.8 Å². The molecule has 1 saturated heterocycles. The van der Waals surface area contributed by atoms with Gasteiger partial charge in [-0.15, -0.1) is 0 Å². The van der Waals surface area contributed by atoms with Gasteiger partial charge in [-0.2, -0.15) is 0 Å². The van der Waals surface area contributed by atoms with Crippen molar-refractivity contribution < 1.29 is 14.3 Å². The third kappa shape index (κ3) is 2.08. The molecule has 0 radical (unpaired) electrons. The number of morpholine rings is 1. The van der Waals surface area contributed by atoms with E-state index in [-0.39, 0.29) is 25.0 Å². The first-order chi connectivity index (χ1) is 7.18. The molecule has 1 aliphatic heterocycles. The van der Waals surface area contributed by atoms with Gasteiger partial charge in [-0.1, -0.05) is 22.0 Å². The lowest BCUT2D eigenvalue weighted by atomic mass is 10.2. The Bertz CT molecular complexity index is 403. The highest BCUT2D eigenvalue weighted by Crippen LogP contribution is 2.21. The summed E-state index contributed by atoms with van der Waals surface area (Å²) in [6.07, 6.45) is 0. The number of ether oxygens (including phenoxy) is 1. The van der Waals surface area contributed by atoms with Crippen molar-refractivity contribution in [3.05, 3.63) is 28.7 Å². The lowest BCUT2D eigenvalue weighted by Gasteiger charge is -2.24. The predicted octanol–water partition coefficient (Wildman–Crippen LogP) is 1.34. The van der Waals surface area contributed by atoms with Crippen molar-refractivity contribution in [3.8, 4) is 0 Å². The smallest absolute Gasteiger partial charge is 0.259 e. The van der Waals surface area contributed by atoms with Gasteiger partial charge < -0.3 is 4.74 Å². The minimum atomic E-state index is -0.329. The molecule has 1 fully saturated rings. The molecule has 1 aromatic carbocycles. The van der Waals surface area contributed by atoms with Crippen molar-refractivity contribution in [3.63, 3.8) is 0 Å². The molecule has 15 heavy (non-hydrogen) atoms. The number of rotatable bonds is 1. The molecular weight excluding hydrogens is 262 g/mol. The SMILES string of the molecule is O=C1COCC(=O)N1c1cccc(Br)c1. The van der Waals surface area contributed by atoms with Gasteiger partial charge in [0.05, 0.1) is 5.69 Å². The number of amides is 2. The number of anilines is 1.